The molecule has 0 bridgehead atoms. The fraction of sp³-hybridized carbons (Fsp3) is 0.824. The molecule has 1 heterocycles. The molecule has 0 radical (unpaired) electrons. The molecule has 11 heteroatoms. The minimum atomic E-state index is -1.66. The first-order valence-electron chi connectivity index (χ1n) is 24.5. The van der Waals surface area contributed by atoms with Crippen LogP contribution in [-0.2, 0) is 14.3 Å². The topological polar surface area (TPSA) is 209 Å². The van der Waals surface area contributed by atoms with Crippen LogP contribution in [0.4, 0.5) is 0 Å². The van der Waals surface area contributed by atoms with Gasteiger partial charge in [-0.3, -0.25) is 14.6 Å². The first kappa shape index (κ1) is 44.5. The molecule has 9 N–H and O–H groups in total. The molecule has 8 aliphatic carbocycles. The summed E-state index contributed by atoms with van der Waals surface area (Å²) in [5, 5.41) is 61.5. The highest BCUT2D eigenvalue weighted by molar-refractivity contribution is 5.95. The van der Waals surface area contributed by atoms with Crippen molar-refractivity contribution in [1.82, 2.24) is 0 Å². The number of cyclic esters (lactones) is 1. The van der Waals surface area contributed by atoms with Gasteiger partial charge in [0, 0.05) is 42.1 Å². The van der Waals surface area contributed by atoms with Crippen LogP contribution in [0.15, 0.2) is 28.3 Å². The molecule has 18 atom stereocenters. The predicted molar refractivity (Wildman–Crippen MR) is 235 cm³/mol. The minimum Gasteiger partial charge on any atom is -0.465 e. The van der Waals surface area contributed by atoms with Crippen LogP contribution in [0.3, 0.4) is 0 Å². The van der Waals surface area contributed by atoms with Gasteiger partial charge in [-0.25, -0.2) is 0 Å². The van der Waals surface area contributed by atoms with Crippen molar-refractivity contribution in [3.8, 4) is 11.8 Å². The van der Waals surface area contributed by atoms with Gasteiger partial charge in [0.05, 0.1) is 41.5 Å². The van der Waals surface area contributed by atoms with Crippen molar-refractivity contribution in [2.24, 2.45) is 97.8 Å². The number of hydrogen-bond donors (Lipinski definition) is 7. The molecule has 1 aliphatic heterocycles. The van der Waals surface area contributed by atoms with E-state index in [0.717, 1.165) is 51.4 Å². The summed E-state index contributed by atoms with van der Waals surface area (Å²) in [4.78, 5) is 32.4. The SMILES string of the molecule is C[C@@H]1CCC2=CC[C@@H]3[C@@H](C[C@@H]([C@H]4COC(=O)C45CCCC5)C#CC[C@H]4C[C@@]5(O)C6=CC(=O)[C@@H]7C[C@@H](O)[C@@H](O)C[C@]7(C)[C@H]6CC[C@]5(CCN=C(N)N)[C@H]4[C@@](C)(O)[C@H](O)C[C@H]3C)[C@@H]2C1. The van der Waals surface area contributed by atoms with Crippen LogP contribution in [-0.4, -0.2) is 85.9 Å². The predicted octanol–water partition coefficient (Wildman–Crippen LogP) is 5.34. The first-order valence-corrected chi connectivity index (χ1v) is 24.5. The third-order valence-electron chi connectivity index (χ3n) is 19.9. The van der Waals surface area contributed by atoms with Gasteiger partial charge in [0.25, 0.3) is 0 Å². The zero-order chi connectivity index (χ0) is 44.1. The minimum absolute atomic E-state index is 0.00978. The maximum atomic E-state index is 14.2. The number of ether oxygens (including phenoxy) is 1. The molecule has 342 valence electrons. The number of aliphatic hydroxyl groups is 5. The van der Waals surface area contributed by atoms with Crippen LogP contribution < -0.4 is 11.5 Å². The summed E-state index contributed by atoms with van der Waals surface area (Å²) in [6, 6.07) is 0. The number of esters is 1. The average Bonchev–Trinajstić information content (AvgIpc) is 3.90. The van der Waals surface area contributed by atoms with Crippen LogP contribution in [0.25, 0.3) is 0 Å². The Balaban J connectivity index is 1.17. The summed E-state index contributed by atoms with van der Waals surface area (Å²) in [5.74, 6) is 7.12. The van der Waals surface area contributed by atoms with Crippen molar-refractivity contribution in [2.45, 2.75) is 166 Å². The van der Waals surface area contributed by atoms with Crippen LogP contribution in [0.5, 0.6) is 0 Å². The molecule has 0 aromatic heterocycles. The second-order valence-electron chi connectivity index (χ2n) is 23.0. The summed E-state index contributed by atoms with van der Waals surface area (Å²) in [6.45, 7) is 8.99. The van der Waals surface area contributed by atoms with E-state index in [0.29, 0.717) is 62.0 Å². The number of rotatable bonds is 4. The van der Waals surface area contributed by atoms with Crippen molar-refractivity contribution < 1.29 is 39.9 Å². The van der Waals surface area contributed by atoms with Gasteiger partial charge in [0.2, 0.25) is 0 Å². The van der Waals surface area contributed by atoms with Gasteiger partial charge >= 0.3 is 5.97 Å². The van der Waals surface area contributed by atoms with Gasteiger partial charge in [0.15, 0.2) is 11.7 Å². The average molecular weight is 858 g/mol. The standard InChI is InChI=1S/C51H75N3O8/c1-28-10-11-30-12-13-33-29(2)21-43(58)48(4,60)44-32(9-7-8-31(22-35(33)34(30)20-28)39-27-62-45(59)49(39)15-5-6-16-49)25-51(61)37-23-40(55)38-24-41(56)42(57)26-47(38,3)36(37)14-17-50(44,51)18-19-54-46(52)53/h12,23,28-29,31-36,38-39,41-44,56-58,60-61H,5-6,9-11,13-22,24-27H2,1-4H3,(H4,52,53,54)/t28-,29-,31+,32+,33+,34-,35-,36+,38+,39-,41-,42+,43-,44-,47-,48+,50+,51-/m1/s1. The van der Waals surface area contributed by atoms with Crippen LogP contribution in [0.2, 0.25) is 0 Å². The molecule has 0 aromatic carbocycles. The number of aliphatic hydroxyl groups excluding tert-OH is 3. The van der Waals surface area contributed by atoms with Crippen molar-refractivity contribution in [3.63, 3.8) is 0 Å². The first-order chi connectivity index (χ1) is 29.4. The number of guanidine groups is 1. The molecule has 11 nitrogen and oxygen atoms in total. The van der Waals surface area contributed by atoms with Crippen molar-refractivity contribution in [1.29, 1.82) is 0 Å². The lowest BCUT2D eigenvalue weighted by molar-refractivity contribution is -0.189. The fourth-order valence-corrected chi connectivity index (χ4v) is 16.9. The quantitative estimate of drug-likeness (QED) is 0.0635. The van der Waals surface area contributed by atoms with E-state index in [-0.39, 0.29) is 79.0 Å². The van der Waals surface area contributed by atoms with Gasteiger partial charge < -0.3 is 41.7 Å². The molecule has 9 rings (SSSR count). The molecule has 62 heavy (non-hydrogen) atoms. The zero-order valence-corrected chi connectivity index (χ0v) is 37.7. The van der Waals surface area contributed by atoms with Crippen molar-refractivity contribution in [3.05, 3.63) is 23.3 Å². The summed E-state index contributed by atoms with van der Waals surface area (Å²) < 4.78 is 5.99. The normalized spacial score (nSPS) is 49.6. The smallest absolute Gasteiger partial charge is 0.312 e. The van der Waals surface area contributed by atoms with Crippen LogP contribution in [0, 0.1) is 93.2 Å². The van der Waals surface area contributed by atoms with Gasteiger partial charge in [-0.15, -0.1) is 5.92 Å². The number of aliphatic imine (C=N–C) groups is 1. The third kappa shape index (κ3) is 6.80. The highest BCUT2D eigenvalue weighted by Gasteiger charge is 2.73. The van der Waals surface area contributed by atoms with Crippen molar-refractivity contribution in [2.75, 3.05) is 13.2 Å². The van der Waals surface area contributed by atoms with E-state index in [1.54, 1.807) is 18.6 Å². The number of carbonyl (C=O) groups is 2. The molecule has 0 unspecified atom stereocenters. The lowest BCUT2D eigenvalue weighted by Crippen LogP contribution is -2.64. The molecular formula is C51H75N3O8. The molecule has 1 spiro atoms. The van der Waals surface area contributed by atoms with E-state index in [9.17, 15) is 35.1 Å². The largest absolute Gasteiger partial charge is 0.465 e. The van der Waals surface area contributed by atoms with E-state index in [1.165, 1.54) is 6.42 Å². The Morgan fingerprint density at radius 1 is 0.935 bits per heavy atom. The molecule has 5 saturated carbocycles. The second kappa shape index (κ2) is 16.0. The number of ketones is 1. The Labute approximate surface area is 369 Å². The maximum absolute atomic E-state index is 14.2. The Kier molecular flexibility index (Phi) is 11.5. The molecule has 0 amide bonds. The zero-order valence-electron chi connectivity index (χ0n) is 37.7. The van der Waals surface area contributed by atoms with Gasteiger partial charge in [-0.1, -0.05) is 51.2 Å². The van der Waals surface area contributed by atoms with Crippen LogP contribution >= 0.6 is 0 Å². The van der Waals surface area contributed by atoms with E-state index in [4.69, 9.17) is 16.2 Å². The van der Waals surface area contributed by atoms with Crippen LogP contribution in [0.1, 0.15) is 137 Å². The lowest BCUT2D eigenvalue weighted by Gasteiger charge is -2.61. The van der Waals surface area contributed by atoms with Gasteiger partial charge in [0.1, 0.15) is 0 Å². The highest BCUT2D eigenvalue weighted by atomic mass is 16.5. The molecule has 6 fully saturated rings. The molecule has 1 saturated heterocycles. The fourth-order valence-electron chi connectivity index (χ4n) is 16.9. The Bertz CT molecular complexity index is 1940. The summed E-state index contributed by atoms with van der Waals surface area (Å²) in [5.41, 5.74) is 8.55. The molecule has 0 aromatic rings. The number of nitrogens with zero attached hydrogens (tertiary/aromatic N) is 1. The lowest BCUT2D eigenvalue weighted by atomic mass is 9.44. The van der Waals surface area contributed by atoms with Gasteiger partial charge in [-0.2, -0.15) is 0 Å². The Morgan fingerprint density at radius 3 is 2.44 bits per heavy atom. The number of hydrogen-bond acceptors (Lipinski definition) is 9. The number of fused-ring (bicyclic) bond motifs is 10. The number of allylic oxidation sites excluding steroid dienone is 3. The van der Waals surface area contributed by atoms with E-state index in [2.05, 4.69) is 36.8 Å². The molecular weight excluding hydrogens is 783 g/mol. The Hall–Kier alpha value is -2.75. The summed E-state index contributed by atoms with van der Waals surface area (Å²) >= 11 is 0. The van der Waals surface area contributed by atoms with E-state index >= 15 is 0 Å². The third-order valence-corrected chi connectivity index (χ3v) is 19.9. The summed E-state index contributed by atoms with van der Waals surface area (Å²) in [6.07, 6.45) is 12.7. The van der Waals surface area contributed by atoms with Crippen molar-refractivity contribution >= 4 is 17.7 Å². The van der Waals surface area contributed by atoms with E-state index < -0.39 is 57.6 Å². The molecule has 9 aliphatic rings. The number of carbonyl (C=O) groups excluding carboxylic acids is 2. The number of nitrogens with two attached hydrogens (primary N) is 2. The highest BCUT2D eigenvalue weighted by Crippen LogP contribution is 2.72. The summed E-state index contributed by atoms with van der Waals surface area (Å²) in [7, 11) is 0. The monoisotopic (exact) mass is 858 g/mol. The van der Waals surface area contributed by atoms with Gasteiger partial charge in [-0.05, 0) is 155 Å². The Morgan fingerprint density at radius 2 is 1.69 bits per heavy atom. The maximum Gasteiger partial charge on any atom is 0.312 e. The van der Waals surface area contributed by atoms with E-state index in [1.807, 2.05) is 6.92 Å². The second-order valence-corrected chi connectivity index (χ2v) is 23.0.